The normalized spacial score (nSPS) is 10.3. The topological polar surface area (TPSA) is 35.2 Å². The maximum atomic E-state index is 5.78. The molecule has 0 heterocycles. The van der Waals surface area contributed by atoms with Crippen LogP contribution in [-0.4, -0.2) is 7.11 Å². The molecule has 0 aromatic heterocycles. The number of anilines is 1. The summed E-state index contributed by atoms with van der Waals surface area (Å²) in [6.45, 7) is 0.579. The van der Waals surface area contributed by atoms with Gasteiger partial charge in [0.2, 0.25) is 0 Å². The third kappa shape index (κ3) is 2.23. The van der Waals surface area contributed by atoms with Gasteiger partial charge in [0.05, 0.1) is 6.61 Å². The number of methoxy groups -OCH3 is 1. The van der Waals surface area contributed by atoms with Gasteiger partial charge in [0.25, 0.3) is 0 Å². The number of hydrogen-bond donors (Lipinski definition) is 1. The van der Waals surface area contributed by atoms with E-state index in [0.29, 0.717) is 6.61 Å². The minimum Gasteiger partial charge on any atom is -0.399 e. The van der Waals surface area contributed by atoms with Crippen molar-refractivity contribution in [3.05, 3.63) is 54.1 Å². The lowest BCUT2D eigenvalue weighted by Gasteiger charge is -2.09. The van der Waals surface area contributed by atoms with Gasteiger partial charge < -0.3 is 10.5 Å². The summed E-state index contributed by atoms with van der Waals surface area (Å²) in [6.07, 6.45) is 0. The molecule has 82 valence electrons. The predicted molar refractivity (Wildman–Crippen MR) is 67.0 cm³/mol. The average molecular weight is 213 g/mol. The fourth-order valence-corrected chi connectivity index (χ4v) is 1.79. The third-order valence-electron chi connectivity index (χ3n) is 2.51. The lowest BCUT2D eigenvalue weighted by Crippen LogP contribution is -1.94. The molecule has 0 amide bonds. The van der Waals surface area contributed by atoms with Crippen molar-refractivity contribution in [1.82, 2.24) is 0 Å². The van der Waals surface area contributed by atoms with Crippen molar-refractivity contribution in [2.75, 3.05) is 12.8 Å². The summed E-state index contributed by atoms with van der Waals surface area (Å²) in [7, 11) is 1.69. The smallest absolute Gasteiger partial charge is 0.0719 e. The van der Waals surface area contributed by atoms with Crippen LogP contribution in [0.3, 0.4) is 0 Å². The summed E-state index contributed by atoms with van der Waals surface area (Å²) in [5.74, 6) is 0. The van der Waals surface area contributed by atoms with Gasteiger partial charge in [0.1, 0.15) is 0 Å². The van der Waals surface area contributed by atoms with E-state index in [2.05, 4.69) is 12.1 Å². The van der Waals surface area contributed by atoms with Gasteiger partial charge in [0, 0.05) is 12.8 Å². The highest BCUT2D eigenvalue weighted by atomic mass is 16.5. The van der Waals surface area contributed by atoms with E-state index in [4.69, 9.17) is 10.5 Å². The number of rotatable bonds is 3. The van der Waals surface area contributed by atoms with Gasteiger partial charge in [-0.15, -0.1) is 0 Å². The summed E-state index contributed by atoms with van der Waals surface area (Å²) < 4.78 is 5.19. The Labute approximate surface area is 95.7 Å². The lowest BCUT2D eigenvalue weighted by atomic mass is 9.99. The number of nitrogens with two attached hydrogens (primary N) is 1. The molecule has 2 heteroatoms. The van der Waals surface area contributed by atoms with Gasteiger partial charge in [-0.2, -0.15) is 0 Å². The Hall–Kier alpha value is -1.80. The molecule has 2 nitrogen and oxygen atoms in total. The van der Waals surface area contributed by atoms with Crippen LogP contribution in [-0.2, 0) is 11.3 Å². The highest BCUT2D eigenvalue weighted by Gasteiger charge is 2.04. The first-order valence-corrected chi connectivity index (χ1v) is 5.24. The third-order valence-corrected chi connectivity index (χ3v) is 2.51. The zero-order valence-corrected chi connectivity index (χ0v) is 9.31. The van der Waals surface area contributed by atoms with Crippen LogP contribution in [0.5, 0.6) is 0 Å². The van der Waals surface area contributed by atoms with E-state index in [1.54, 1.807) is 7.11 Å². The molecule has 2 rings (SSSR count). The Kier molecular flexibility index (Phi) is 3.22. The van der Waals surface area contributed by atoms with Crippen LogP contribution in [0.1, 0.15) is 5.56 Å². The minimum atomic E-state index is 0.579. The van der Waals surface area contributed by atoms with E-state index in [1.807, 2.05) is 36.4 Å². The molecular formula is C14H15NO. The molecule has 0 bridgehead atoms. The highest BCUT2D eigenvalue weighted by molar-refractivity contribution is 5.69. The minimum absolute atomic E-state index is 0.579. The van der Waals surface area contributed by atoms with Gasteiger partial charge in [-0.25, -0.2) is 0 Å². The Bertz CT molecular complexity index is 465. The second-order valence-electron chi connectivity index (χ2n) is 3.72. The molecule has 0 saturated heterocycles. The summed E-state index contributed by atoms with van der Waals surface area (Å²) >= 11 is 0. The van der Waals surface area contributed by atoms with Crippen LogP contribution in [0.2, 0.25) is 0 Å². The summed E-state index contributed by atoms with van der Waals surface area (Å²) in [6, 6.07) is 16.2. The molecule has 0 radical (unpaired) electrons. The first-order chi connectivity index (χ1) is 7.81. The fraction of sp³-hybridized carbons (Fsp3) is 0.143. The monoisotopic (exact) mass is 213 g/mol. The SMILES string of the molecule is COCc1cc(N)ccc1-c1ccccc1. The van der Waals surface area contributed by atoms with Crippen molar-refractivity contribution in [3.63, 3.8) is 0 Å². The van der Waals surface area contributed by atoms with Crippen LogP contribution in [0.4, 0.5) is 5.69 Å². The van der Waals surface area contributed by atoms with Crippen molar-refractivity contribution >= 4 is 5.69 Å². The zero-order chi connectivity index (χ0) is 11.4. The van der Waals surface area contributed by atoms with Crippen LogP contribution >= 0.6 is 0 Å². The number of hydrogen-bond acceptors (Lipinski definition) is 2. The summed E-state index contributed by atoms with van der Waals surface area (Å²) in [5.41, 5.74) is 10.0. The summed E-state index contributed by atoms with van der Waals surface area (Å²) in [4.78, 5) is 0. The van der Waals surface area contributed by atoms with Crippen LogP contribution < -0.4 is 5.73 Å². The van der Waals surface area contributed by atoms with E-state index >= 15 is 0 Å². The van der Waals surface area contributed by atoms with Crippen LogP contribution in [0.15, 0.2) is 48.5 Å². The van der Waals surface area contributed by atoms with E-state index in [1.165, 1.54) is 11.1 Å². The summed E-state index contributed by atoms with van der Waals surface area (Å²) in [5, 5.41) is 0. The second-order valence-corrected chi connectivity index (χ2v) is 3.72. The van der Waals surface area contributed by atoms with Gasteiger partial charge in [-0.1, -0.05) is 36.4 Å². The Morgan fingerprint density at radius 1 is 1.06 bits per heavy atom. The van der Waals surface area contributed by atoms with Crippen molar-refractivity contribution < 1.29 is 4.74 Å². The molecular weight excluding hydrogens is 198 g/mol. The van der Waals surface area contributed by atoms with Gasteiger partial charge in [0.15, 0.2) is 0 Å². The van der Waals surface area contributed by atoms with Crippen LogP contribution in [0.25, 0.3) is 11.1 Å². The Balaban J connectivity index is 2.48. The van der Waals surface area contributed by atoms with Crippen molar-refractivity contribution in [3.8, 4) is 11.1 Å². The average Bonchev–Trinajstić information content (AvgIpc) is 2.31. The maximum Gasteiger partial charge on any atom is 0.0719 e. The second kappa shape index (κ2) is 4.81. The molecule has 2 aromatic rings. The van der Waals surface area contributed by atoms with Gasteiger partial charge in [-0.05, 0) is 28.8 Å². The van der Waals surface area contributed by atoms with Crippen LogP contribution in [0, 0.1) is 0 Å². The Morgan fingerprint density at radius 2 is 1.81 bits per heavy atom. The highest BCUT2D eigenvalue weighted by Crippen LogP contribution is 2.25. The predicted octanol–water partition coefficient (Wildman–Crippen LogP) is 3.08. The molecule has 0 fully saturated rings. The number of benzene rings is 2. The quantitative estimate of drug-likeness (QED) is 0.795. The largest absolute Gasteiger partial charge is 0.399 e. The van der Waals surface area contributed by atoms with Gasteiger partial charge >= 0.3 is 0 Å². The molecule has 0 aliphatic rings. The Morgan fingerprint density at radius 3 is 2.50 bits per heavy atom. The zero-order valence-electron chi connectivity index (χ0n) is 9.31. The lowest BCUT2D eigenvalue weighted by molar-refractivity contribution is 0.185. The van der Waals surface area contributed by atoms with E-state index in [-0.39, 0.29) is 0 Å². The van der Waals surface area contributed by atoms with E-state index in [0.717, 1.165) is 11.3 Å². The molecule has 0 spiro atoms. The standard InChI is InChI=1S/C14H15NO/c1-16-10-12-9-13(15)7-8-14(12)11-5-3-2-4-6-11/h2-9H,10,15H2,1H3. The van der Waals surface area contributed by atoms with E-state index in [9.17, 15) is 0 Å². The number of nitrogen functional groups attached to an aromatic ring is 1. The first kappa shape index (κ1) is 10.7. The molecule has 16 heavy (non-hydrogen) atoms. The van der Waals surface area contributed by atoms with E-state index < -0.39 is 0 Å². The number of ether oxygens (including phenoxy) is 1. The molecule has 0 unspecified atom stereocenters. The molecule has 0 aliphatic heterocycles. The molecule has 0 saturated carbocycles. The molecule has 0 aliphatic carbocycles. The maximum absolute atomic E-state index is 5.78. The van der Waals surface area contributed by atoms with Gasteiger partial charge in [-0.3, -0.25) is 0 Å². The first-order valence-electron chi connectivity index (χ1n) is 5.24. The van der Waals surface area contributed by atoms with Crippen molar-refractivity contribution in [1.29, 1.82) is 0 Å². The molecule has 2 aromatic carbocycles. The fourth-order valence-electron chi connectivity index (χ4n) is 1.79. The molecule has 0 atom stereocenters. The van der Waals surface area contributed by atoms with Crippen molar-refractivity contribution in [2.24, 2.45) is 0 Å². The van der Waals surface area contributed by atoms with Crippen molar-refractivity contribution in [2.45, 2.75) is 6.61 Å². The molecule has 2 N–H and O–H groups in total.